The van der Waals surface area contributed by atoms with Crippen LogP contribution in [0, 0.1) is 0 Å². The van der Waals surface area contributed by atoms with Gasteiger partial charge in [0.25, 0.3) is 5.91 Å². The molecule has 0 aliphatic rings. The third-order valence-electron chi connectivity index (χ3n) is 2.16. The van der Waals surface area contributed by atoms with Gasteiger partial charge in [0.05, 0.1) is 12.0 Å². The van der Waals surface area contributed by atoms with Crippen LogP contribution in [-0.2, 0) is 19.2 Å². The van der Waals surface area contributed by atoms with Gasteiger partial charge in [-0.15, -0.1) is 0 Å². The molecular weight excluding hydrogens is 305 g/mol. The maximum Gasteiger partial charge on any atom is 0.391 e. The van der Waals surface area contributed by atoms with Crippen molar-refractivity contribution in [1.82, 2.24) is 10.4 Å². The minimum absolute atomic E-state index is 0.0395. The van der Waals surface area contributed by atoms with E-state index in [0.29, 0.717) is 0 Å². The van der Waals surface area contributed by atoms with Crippen molar-refractivity contribution >= 4 is 18.1 Å². The van der Waals surface area contributed by atoms with E-state index in [2.05, 4.69) is 5.32 Å². The summed E-state index contributed by atoms with van der Waals surface area (Å²) in [6, 6.07) is -2.51. The molecule has 0 aliphatic heterocycles. The number of hydroxylamine groups is 2. The summed E-state index contributed by atoms with van der Waals surface area (Å²) >= 11 is 0. The van der Waals surface area contributed by atoms with E-state index < -0.39 is 42.0 Å². The van der Waals surface area contributed by atoms with Gasteiger partial charge in [-0.25, -0.2) is 5.06 Å². The second-order valence-corrected chi connectivity index (χ2v) is 6.00. The van der Waals surface area contributed by atoms with Crippen LogP contribution in [0.15, 0.2) is 0 Å². The average molecular weight is 326 g/mol. The Kier molecular flexibility index (Phi) is 7.01. The Morgan fingerprint density at radius 3 is 2.05 bits per heavy atom. The number of carbonyl (C=O) groups is 3. The lowest BCUT2D eigenvalue weighted by molar-refractivity contribution is -0.244. The molecular formula is C13H21F3N2O4. The van der Waals surface area contributed by atoms with Gasteiger partial charge in [0.1, 0.15) is 6.04 Å². The summed E-state index contributed by atoms with van der Waals surface area (Å²) < 4.78 is 37.9. The lowest BCUT2D eigenvalue weighted by atomic mass is 10.1. The molecule has 0 aromatic rings. The van der Waals surface area contributed by atoms with Gasteiger partial charge in [-0.05, 0) is 34.6 Å². The quantitative estimate of drug-likeness (QED) is 0.438. The second kappa shape index (κ2) is 7.57. The van der Waals surface area contributed by atoms with Crippen molar-refractivity contribution in [3.63, 3.8) is 0 Å². The molecule has 0 fully saturated rings. The van der Waals surface area contributed by atoms with Crippen LogP contribution in [0.3, 0.4) is 0 Å². The molecule has 0 radical (unpaired) electrons. The number of carbonyl (C=O) groups excluding carboxylic acids is 3. The Balaban J connectivity index is 5.38. The molecule has 0 aromatic heterocycles. The molecule has 0 saturated heterocycles. The fourth-order valence-corrected chi connectivity index (χ4v) is 1.48. The van der Waals surface area contributed by atoms with E-state index in [1.165, 1.54) is 20.8 Å². The van der Waals surface area contributed by atoms with Crippen LogP contribution in [0.5, 0.6) is 0 Å². The Morgan fingerprint density at radius 1 is 1.23 bits per heavy atom. The Labute approximate surface area is 126 Å². The zero-order chi connectivity index (χ0) is 17.7. The zero-order valence-corrected chi connectivity index (χ0v) is 13.2. The monoisotopic (exact) mass is 326 g/mol. The van der Waals surface area contributed by atoms with Crippen molar-refractivity contribution in [3.8, 4) is 0 Å². The molecule has 0 rings (SSSR count). The highest BCUT2D eigenvalue weighted by molar-refractivity contribution is 6.38. The highest BCUT2D eigenvalue weighted by Gasteiger charge is 2.42. The Bertz CT molecular complexity index is 416. The summed E-state index contributed by atoms with van der Waals surface area (Å²) in [4.78, 5) is 39.6. The predicted octanol–water partition coefficient (Wildman–Crippen LogP) is 1.59. The van der Waals surface area contributed by atoms with Gasteiger partial charge in [-0.3, -0.25) is 19.2 Å². The van der Waals surface area contributed by atoms with Crippen LogP contribution in [0.25, 0.3) is 0 Å². The van der Waals surface area contributed by atoms with Gasteiger partial charge in [0.2, 0.25) is 12.2 Å². The lowest BCUT2D eigenvalue weighted by Gasteiger charge is -2.32. The first-order chi connectivity index (χ1) is 9.76. The normalized spacial score (nSPS) is 13.7. The number of Topliss-reactive ketones (excluding diaryl/α,β-unsaturated/α-hetero) is 1. The standard InChI is InChI=1S/C13H21F3N2O4/c1-8(2)17-11(21)10(20)9(6-13(14,15)16)18(7-19)22-12(3,4)5/h7-9H,6H2,1-5H3,(H,17,21). The molecule has 6 nitrogen and oxygen atoms in total. The number of halogens is 3. The SMILES string of the molecule is CC(C)NC(=O)C(=O)C(CC(F)(F)F)N(C=O)OC(C)(C)C. The van der Waals surface area contributed by atoms with Gasteiger partial charge in [-0.1, -0.05) is 0 Å². The van der Waals surface area contributed by atoms with Crippen LogP contribution in [0.4, 0.5) is 13.2 Å². The summed E-state index contributed by atoms with van der Waals surface area (Å²) in [5.41, 5.74) is -1.01. The number of nitrogens with one attached hydrogen (secondary N) is 1. The average Bonchev–Trinajstić information content (AvgIpc) is 2.29. The molecule has 1 unspecified atom stereocenters. The third kappa shape index (κ3) is 7.96. The van der Waals surface area contributed by atoms with Crippen molar-refractivity contribution in [2.24, 2.45) is 0 Å². The number of alkyl halides is 3. The molecule has 2 amide bonds. The summed E-state index contributed by atoms with van der Waals surface area (Å²) in [6.45, 7) is 7.58. The number of hydrogen-bond acceptors (Lipinski definition) is 4. The number of amides is 2. The number of hydrogen-bond donors (Lipinski definition) is 1. The van der Waals surface area contributed by atoms with Crippen LogP contribution in [-0.4, -0.2) is 47.0 Å². The highest BCUT2D eigenvalue weighted by atomic mass is 19.4. The molecule has 0 heterocycles. The molecule has 1 N–H and O–H groups in total. The number of ketones is 1. The summed E-state index contributed by atoms with van der Waals surface area (Å²) in [5.74, 6) is -2.59. The van der Waals surface area contributed by atoms with E-state index in [4.69, 9.17) is 4.84 Å². The topological polar surface area (TPSA) is 75.7 Å². The summed E-state index contributed by atoms with van der Waals surface area (Å²) in [5, 5.41) is 2.44. The van der Waals surface area contributed by atoms with E-state index in [1.807, 2.05) is 0 Å². The van der Waals surface area contributed by atoms with E-state index >= 15 is 0 Å². The van der Waals surface area contributed by atoms with Crippen molar-refractivity contribution in [1.29, 1.82) is 0 Å². The van der Waals surface area contributed by atoms with E-state index in [0.717, 1.165) is 0 Å². The predicted molar refractivity (Wildman–Crippen MR) is 71.5 cm³/mol. The highest BCUT2D eigenvalue weighted by Crippen LogP contribution is 2.25. The summed E-state index contributed by atoms with van der Waals surface area (Å²) in [7, 11) is 0. The molecule has 0 bridgehead atoms. The van der Waals surface area contributed by atoms with Crippen LogP contribution in [0.1, 0.15) is 41.0 Å². The number of rotatable bonds is 7. The number of nitrogens with zero attached hydrogens (tertiary/aromatic N) is 1. The zero-order valence-electron chi connectivity index (χ0n) is 13.2. The molecule has 9 heteroatoms. The molecule has 0 aromatic carbocycles. The van der Waals surface area contributed by atoms with Crippen LogP contribution >= 0.6 is 0 Å². The fourth-order valence-electron chi connectivity index (χ4n) is 1.48. The molecule has 22 heavy (non-hydrogen) atoms. The fraction of sp³-hybridized carbons (Fsp3) is 0.769. The van der Waals surface area contributed by atoms with Crippen LogP contribution < -0.4 is 5.32 Å². The first-order valence-corrected chi connectivity index (χ1v) is 6.61. The third-order valence-corrected chi connectivity index (χ3v) is 2.16. The van der Waals surface area contributed by atoms with Crippen LogP contribution in [0.2, 0.25) is 0 Å². The second-order valence-electron chi connectivity index (χ2n) is 6.00. The Morgan fingerprint density at radius 2 is 1.73 bits per heavy atom. The first-order valence-electron chi connectivity index (χ1n) is 6.61. The van der Waals surface area contributed by atoms with E-state index in [1.54, 1.807) is 13.8 Å². The largest absolute Gasteiger partial charge is 0.391 e. The van der Waals surface area contributed by atoms with Gasteiger partial charge >= 0.3 is 6.18 Å². The van der Waals surface area contributed by atoms with Gasteiger partial charge < -0.3 is 5.32 Å². The first kappa shape index (κ1) is 20.4. The van der Waals surface area contributed by atoms with Crippen molar-refractivity contribution < 1.29 is 32.4 Å². The maximum atomic E-state index is 12.6. The van der Waals surface area contributed by atoms with Crippen molar-refractivity contribution in [3.05, 3.63) is 0 Å². The van der Waals surface area contributed by atoms with Crippen molar-refractivity contribution in [2.75, 3.05) is 0 Å². The van der Waals surface area contributed by atoms with Gasteiger partial charge in [0.15, 0.2) is 0 Å². The minimum Gasteiger partial charge on any atom is -0.347 e. The Hall–Kier alpha value is -1.64. The summed E-state index contributed by atoms with van der Waals surface area (Å²) in [6.07, 6.45) is -6.46. The molecule has 0 aliphatic carbocycles. The maximum absolute atomic E-state index is 12.6. The minimum atomic E-state index is -4.75. The molecule has 1 atom stereocenters. The van der Waals surface area contributed by atoms with E-state index in [-0.39, 0.29) is 11.5 Å². The molecule has 0 spiro atoms. The lowest BCUT2D eigenvalue weighted by Crippen LogP contribution is -2.51. The van der Waals surface area contributed by atoms with E-state index in [9.17, 15) is 27.6 Å². The molecule has 0 saturated carbocycles. The smallest absolute Gasteiger partial charge is 0.347 e. The van der Waals surface area contributed by atoms with Gasteiger partial charge in [0, 0.05) is 6.04 Å². The van der Waals surface area contributed by atoms with Gasteiger partial charge in [-0.2, -0.15) is 13.2 Å². The molecule has 128 valence electrons. The van der Waals surface area contributed by atoms with Crippen molar-refractivity contribution in [2.45, 2.75) is 64.9 Å².